The summed E-state index contributed by atoms with van der Waals surface area (Å²) >= 11 is 0. The maximum atomic E-state index is 5.08. The average molecular weight is 301 g/mol. The SMILES string of the molecule is COCCN(C)c1ccc(CN2CCNCC2)cn1.Cl. The molecule has 2 rings (SSSR count). The highest BCUT2D eigenvalue weighted by atomic mass is 35.5. The maximum Gasteiger partial charge on any atom is 0.128 e. The number of ether oxygens (including phenoxy) is 1. The number of hydrogen-bond acceptors (Lipinski definition) is 5. The minimum absolute atomic E-state index is 0. The van der Waals surface area contributed by atoms with E-state index in [0.717, 1.165) is 51.7 Å². The van der Waals surface area contributed by atoms with Crippen LogP contribution in [0.1, 0.15) is 5.56 Å². The Morgan fingerprint density at radius 3 is 2.70 bits per heavy atom. The largest absolute Gasteiger partial charge is 0.383 e. The summed E-state index contributed by atoms with van der Waals surface area (Å²) in [7, 11) is 3.76. The van der Waals surface area contributed by atoms with Crippen LogP contribution in [0.5, 0.6) is 0 Å². The molecule has 0 aliphatic carbocycles. The number of nitrogens with zero attached hydrogens (tertiary/aromatic N) is 3. The van der Waals surface area contributed by atoms with Gasteiger partial charge in [0.25, 0.3) is 0 Å². The third-order valence-corrected chi connectivity index (χ3v) is 3.45. The zero-order valence-electron chi connectivity index (χ0n) is 12.3. The lowest BCUT2D eigenvalue weighted by Crippen LogP contribution is -2.42. The van der Waals surface area contributed by atoms with Crippen molar-refractivity contribution in [1.82, 2.24) is 15.2 Å². The van der Waals surface area contributed by atoms with Gasteiger partial charge in [-0.25, -0.2) is 4.98 Å². The van der Waals surface area contributed by atoms with Crippen molar-refractivity contribution in [3.05, 3.63) is 23.9 Å². The number of anilines is 1. The molecule has 1 saturated heterocycles. The molecule has 1 aromatic rings. The van der Waals surface area contributed by atoms with Crippen molar-refractivity contribution < 1.29 is 4.74 Å². The van der Waals surface area contributed by atoms with Gasteiger partial charge in [-0.15, -0.1) is 12.4 Å². The molecule has 20 heavy (non-hydrogen) atoms. The fraction of sp³-hybridized carbons (Fsp3) is 0.643. The number of halogens is 1. The number of likely N-dealkylation sites (N-methyl/N-ethyl adjacent to an activating group) is 1. The van der Waals surface area contributed by atoms with Gasteiger partial charge in [-0.2, -0.15) is 0 Å². The molecule has 2 heterocycles. The predicted octanol–water partition coefficient (Wildman–Crippen LogP) is 0.991. The third-order valence-electron chi connectivity index (χ3n) is 3.45. The van der Waals surface area contributed by atoms with Crippen LogP contribution in [0.2, 0.25) is 0 Å². The molecular formula is C14H25ClN4O. The van der Waals surface area contributed by atoms with Crippen molar-refractivity contribution in [2.75, 3.05) is 58.4 Å². The fourth-order valence-electron chi connectivity index (χ4n) is 2.21. The number of piperazine rings is 1. The molecule has 114 valence electrons. The van der Waals surface area contributed by atoms with E-state index in [9.17, 15) is 0 Å². The first-order valence-electron chi connectivity index (χ1n) is 6.87. The Balaban J connectivity index is 0.00000200. The first kappa shape index (κ1) is 17.2. The van der Waals surface area contributed by atoms with Gasteiger partial charge in [0.2, 0.25) is 0 Å². The Labute approximate surface area is 127 Å². The minimum atomic E-state index is 0. The number of pyridine rings is 1. The molecule has 5 nitrogen and oxygen atoms in total. The summed E-state index contributed by atoms with van der Waals surface area (Å²) in [6.45, 7) is 7.00. The van der Waals surface area contributed by atoms with Gasteiger partial charge in [0.15, 0.2) is 0 Å². The van der Waals surface area contributed by atoms with Gasteiger partial charge < -0.3 is 15.0 Å². The molecular weight excluding hydrogens is 276 g/mol. The van der Waals surface area contributed by atoms with Crippen LogP contribution >= 0.6 is 12.4 Å². The second kappa shape index (κ2) is 9.13. The van der Waals surface area contributed by atoms with Crippen LogP contribution in [0.4, 0.5) is 5.82 Å². The predicted molar refractivity (Wildman–Crippen MR) is 84.8 cm³/mol. The van der Waals surface area contributed by atoms with Gasteiger partial charge in [0.05, 0.1) is 6.61 Å². The molecule has 0 amide bonds. The van der Waals surface area contributed by atoms with Crippen molar-refractivity contribution in [1.29, 1.82) is 0 Å². The summed E-state index contributed by atoms with van der Waals surface area (Å²) < 4.78 is 5.08. The Morgan fingerprint density at radius 1 is 1.35 bits per heavy atom. The van der Waals surface area contributed by atoms with Gasteiger partial charge in [-0.3, -0.25) is 4.90 Å². The molecule has 0 radical (unpaired) electrons. The Kier molecular flexibility index (Phi) is 7.84. The van der Waals surface area contributed by atoms with E-state index in [1.807, 2.05) is 13.2 Å². The second-order valence-electron chi connectivity index (χ2n) is 4.97. The fourth-order valence-corrected chi connectivity index (χ4v) is 2.21. The lowest BCUT2D eigenvalue weighted by molar-refractivity contribution is 0.206. The Bertz CT molecular complexity index is 368. The number of nitrogens with one attached hydrogen (secondary N) is 1. The van der Waals surface area contributed by atoms with Crippen LogP contribution < -0.4 is 10.2 Å². The Morgan fingerprint density at radius 2 is 2.10 bits per heavy atom. The smallest absolute Gasteiger partial charge is 0.128 e. The van der Waals surface area contributed by atoms with E-state index in [1.54, 1.807) is 7.11 Å². The van der Waals surface area contributed by atoms with Crippen molar-refractivity contribution in [3.8, 4) is 0 Å². The standard InChI is InChI=1S/C14H24N4O.ClH/c1-17(9-10-19-2)14-4-3-13(11-16-14)12-18-7-5-15-6-8-18;/h3-4,11,15H,5-10,12H2,1-2H3;1H. The number of hydrogen-bond donors (Lipinski definition) is 1. The number of methoxy groups -OCH3 is 1. The van der Waals surface area contributed by atoms with E-state index in [0.29, 0.717) is 0 Å². The van der Waals surface area contributed by atoms with Crippen LogP contribution in [0, 0.1) is 0 Å². The van der Waals surface area contributed by atoms with Crippen molar-refractivity contribution >= 4 is 18.2 Å². The second-order valence-corrected chi connectivity index (χ2v) is 4.97. The molecule has 1 aromatic heterocycles. The lowest BCUT2D eigenvalue weighted by Gasteiger charge is -2.27. The van der Waals surface area contributed by atoms with Crippen LogP contribution in [-0.2, 0) is 11.3 Å². The Hall–Kier alpha value is -0.880. The summed E-state index contributed by atoms with van der Waals surface area (Å²) in [5, 5.41) is 3.37. The first-order chi connectivity index (χ1) is 9.29. The number of aromatic nitrogens is 1. The van der Waals surface area contributed by atoms with Crippen LogP contribution in [0.3, 0.4) is 0 Å². The highest BCUT2D eigenvalue weighted by Gasteiger charge is 2.10. The van der Waals surface area contributed by atoms with Crippen molar-refractivity contribution in [3.63, 3.8) is 0 Å². The summed E-state index contributed by atoms with van der Waals surface area (Å²) in [6, 6.07) is 4.26. The van der Waals surface area contributed by atoms with Crippen LogP contribution in [-0.4, -0.2) is 63.4 Å². The summed E-state index contributed by atoms with van der Waals surface area (Å²) in [5.41, 5.74) is 1.28. The average Bonchev–Trinajstić information content (AvgIpc) is 2.46. The molecule has 0 aromatic carbocycles. The van der Waals surface area contributed by atoms with E-state index >= 15 is 0 Å². The third kappa shape index (κ3) is 5.25. The molecule has 0 spiro atoms. The van der Waals surface area contributed by atoms with Gasteiger partial charge in [0.1, 0.15) is 5.82 Å². The van der Waals surface area contributed by atoms with Crippen molar-refractivity contribution in [2.24, 2.45) is 0 Å². The molecule has 0 bridgehead atoms. The zero-order valence-corrected chi connectivity index (χ0v) is 13.2. The van der Waals surface area contributed by atoms with Gasteiger partial charge >= 0.3 is 0 Å². The van der Waals surface area contributed by atoms with Crippen LogP contribution in [0.25, 0.3) is 0 Å². The van der Waals surface area contributed by atoms with Gasteiger partial charge in [-0.1, -0.05) is 6.07 Å². The van der Waals surface area contributed by atoms with Gasteiger partial charge in [0, 0.05) is 59.6 Å². The molecule has 0 atom stereocenters. The monoisotopic (exact) mass is 300 g/mol. The highest BCUT2D eigenvalue weighted by Crippen LogP contribution is 2.11. The van der Waals surface area contributed by atoms with E-state index in [2.05, 4.69) is 32.2 Å². The zero-order chi connectivity index (χ0) is 13.5. The normalized spacial score (nSPS) is 15.7. The van der Waals surface area contributed by atoms with E-state index in [1.165, 1.54) is 5.56 Å². The highest BCUT2D eigenvalue weighted by molar-refractivity contribution is 5.85. The van der Waals surface area contributed by atoms with Crippen molar-refractivity contribution in [2.45, 2.75) is 6.54 Å². The topological polar surface area (TPSA) is 40.6 Å². The molecule has 0 saturated carbocycles. The lowest BCUT2D eigenvalue weighted by atomic mass is 10.2. The quantitative estimate of drug-likeness (QED) is 0.848. The molecule has 1 N–H and O–H groups in total. The molecule has 6 heteroatoms. The van der Waals surface area contributed by atoms with E-state index < -0.39 is 0 Å². The number of rotatable bonds is 6. The minimum Gasteiger partial charge on any atom is -0.383 e. The van der Waals surface area contributed by atoms with Gasteiger partial charge in [-0.05, 0) is 11.6 Å². The van der Waals surface area contributed by atoms with Crippen LogP contribution in [0.15, 0.2) is 18.3 Å². The maximum absolute atomic E-state index is 5.08. The van der Waals surface area contributed by atoms with E-state index in [-0.39, 0.29) is 12.4 Å². The molecule has 1 fully saturated rings. The first-order valence-corrected chi connectivity index (χ1v) is 6.87. The summed E-state index contributed by atoms with van der Waals surface area (Å²) in [6.07, 6.45) is 1.99. The molecule has 1 aliphatic heterocycles. The molecule has 1 aliphatic rings. The van der Waals surface area contributed by atoms with E-state index in [4.69, 9.17) is 4.74 Å². The molecule has 0 unspecified atom stereocenters. The summed E-state index contributed by atoms with van der Waals surface area (Å²) in [4.78, 5) is 9.09. The summed E-state index contributed by atoms with van der Waals surface area (Å²) in [5.74, 6) is 1.00.